The highest BCUT2D eigenvalue weighted by atomic mass is 127. The van der Waals surface area contributed by atoms with Gasteiger partial charge >= 0.3 is 0 Å². The molecule has 1 saturated carbocycles. The molecular weight excluding hydrogens is 503 g/mol. The molecule has 1 aromatic rings. The number of hydrogen-bond acceptors (Lipinski definition) is 3. The zero-order chi connectivity index (χ0) is 21.6. The van der Waals surface area contributed by atoms with E-state index in [0.717, 1.165) is 56.0 Å². The summed E-state index contributed by atoms with van der Waals surface area (Å²) in [6, 6.07) is 8.02. The van der Waals surface area contributed by atoms with Crippen LogP contribution in [0.4, 0.5) is 5.69 Å². The van der Waals surface area contributed by atoms with E-state index < -0.39 is 0 Å². The van der Waals surface area contributed by atoms with Crippen LogP contribution in [0, 0.1) is 17.3 Å². The molecule has 6 nitrogen and oxygen atoms in total. The van der Waals surface area contributed by atoms with Gasteiger partial charge in [0.1, 0.15) is 0 Å². The number of hydrogen-bond donors (Lipinski definition) is 3. The van der Waals surface area contributed by atoms with Gasteiger partial charge in [0.2, 0.25) is 5.91 Å². The Bertz CT molecular complexity index is 743. The van der Waals surface area contributed by atoms with Crippen LogP contribution in [-0.2, 0) is 16.1 Å². The Morgan fingerprint density at radius 2 is 1.94 bits per heavy atom. The summed E-state index contributed by atoms with van der Waals surface area (Å²) < 4.78 is 6.09. The van der Waals surface area contributed by atoms with Gasteiger partial charge in [-0.05, 0) is 48.8 Å². The first-order chi connectivity index (χ1) is 14.4. The fourth-order valence-corrected chi connectivity index (χ4v) is 4.32. The second kappa shape index (κ2) is 12.0. The second-order valence-electron chi connectivity index (χ2n) is 9.68. The van der Waals surface area contributed by atoms with Crippen molar-refractivity contribution in [3.05, 3.63) is 29.8 Å². The molecule has 3 N–H and O–H groups in total. The maximum absolute atomic E-state index is 12.2. The first-order valence-corrected chi connectivity index (χ1v) is 11.3. The predicted octanol–water partition coefficient (Wildman–Crippen LogP) is 4.55. The molecule has 2 atom stereocenters. The molecule has 0 spiro atoms. The van der Waals surface area contributed by atoms with Crippen molar-refractivity contribution >= 4 is 41.5 Å². The molecule has 0 radical (unpaired) electrons. The SMILES string of the molecule is CN=C(NCc1cccc(NC(=O)C2CCC2)c1)NCC1CCCOC1C(C)(C)C.I. The van der Waals surface area contributed by atoms with Gasteiger partial charge in [-0.25, -0.2) is 0 Å². The van der Waals surface area contributed by atoms with Crippen molar-refractivity contribution in [1.82, 2.24) is 10.6 Å². The highest BCUT2D eigenvalue weighted by Gasteiger charge is 2.35. The molecule has 2 fully saturated rings. The zero-order valence-corrected chi connectivity index (χ0v) is 21.7. The number of carbonyl (C=O) groups is 1. The van der Waals surface area contributed by atoms with Gasteiger partial charge < -0.3 is 20.7 Å². The molecule has 1 aliphatic carbocycles. The summed E-state index contributed by atoms with van der Waals surface area (Å²) in [5, 5.41) is 9.91. The smallest absolute Gasteiger partial charge is 0.227 e. The Balaban J connectivity index is 0.00000341. The van der Waals surface area contributed by atoms with Gasteiger partial charge in [-0.2, -0.15) is 0 Å². The van der Waals surface area contributed by atoms with E-state index in [4.69, 9.17) is 4.74 Å². The number of aliphatic imine (C=N–C) groups is 1. The van der Waals surface area contributed by atoms with Crippen molar-refractivity contribution in [2.75, 3.05) is 25.5 Å². The number of halogens is 1. The molecule has 31 heavy (non-hydrogen) atoms. The molecule has 1 saturated heterocycles. The van der Waals surface area contributed by atoms with Crippen molar-refractivity contribution in [2.24, 2.45) is 22.2 Å². The van der Waals surface area contributed by atoms with Gasteiger partial charge in [0.05, 0.1) is 6.10 Å². The fourth-order valence-electron chi connectivity index (χ4n) is 4.32. The number of nitrogens with one attached hydrogen (secondary N) is 3. The molecule has 1 aromatic carbocycles. The summed E-state index contributed by atoms with van der Waals surface area (Å²) in [4.78, 5) is 16.6. The first kappa shape index (κ1) is 25.9. The van der Waals surface area contributed by atoms with Gasteiger partial charge in [-0.1, -0.05) is 39.3 Å². The second-order valence-corrected chi connectivity index (χ2v) is 9.68. The minimum absolute atomic E-state index is 0. The molecule has 3 rings (SSSR count). The molecule has 174 valence electrons. The number of benzene rings is 1. The van der Waals surface area contributed by atoms with Gasteiger partial charge in [-0.3, -0.25) is 9.79 Å². The number of amides is 1. The van der Waals surface area contributed by atoms with E-state index in [2.05, 4.69) is 47.8 Å². The number of anilines is 1. The van der Waals surface area contributed by atoms with Crippen molar-refractivity contribution in [2.45, 2.75) is 65.5 Å². The molecule has 1 aliphatic heterocycles. The van der Waals surface area contributed by atoms with Gasteiger partial charge in [0, 0.05) is 44.3 Å². The summed E-state index contributed by atoms with van der Waals surface area (Å²) in [5.74, 6) is 1.60. The van der Waals surface area contributed by atoms with Crippen LogP contribution in [0.5, 0.6) is 0 Å². The highest BCUT2D eigenvalue weighted by molar-refractivity contribution is 14.0. The Labute approximate surface area is 204 Å². The van der Waals surface area contributed by atoms with Crippen LogP contribution in [0.3, 0.4) is 0 Å². The molecule has 1 heterocycles. The minimum atomic E-state index is 0. The summed E-state index contributed by atoms with van der Waals surface area (Å²) in [7, 11) is 1.79. The van der Waals surface area contributed by atoms with Gasteiger partial charge in [0.15, 0.2) is 5.96 Å². The Morgan fingerprint density at radius 1 is 1.16 bits per heavy atom. The quantitative estimate of drug-likeness (QED) is 0.280. The fraction of sp³-hybridized carbons (Fsp3) is 0.667. The van der Waals surface area contributed by atoms with Crippen LogP contribution >= 0.6 is 24.0 Å². The maximum atomic E-state index is 12.2. The molecule has 2 aliphatic rings. The van der Waals surface area contributed by atoms with E-state index in [9.17, 15) is 4.79 Å². The van der Waals surface area contributed by atoms with Crippen LogP contribution in [0.15, 0.2) is 29.3 Å². The van der Waals surface area contributed by atoms with E-state index in [0.29, 0.717) is 12.5 Å². The summed E-state index contributed by atoms with van der Waals surface area (Å²) in [6.45, 7) is 9.11. The molecule has 7 heteroatoms. The van der Waals surface area contributed by atoms with E-state index in [-0.39, 0.29) is 47.3 Å². The van der Waals surface area contributed by atoms with Gasteiger partial charge in [-0.15, -0.1) is 24.0 Å². The van der Waals surface area contributed by atoms with Crippen molar-refractivity contribution < 1.29 is 9.53 Å². The largest absolute Gasteiger partial charge is 0.377 e. The average Bonchev–Trinajstić information content (AvgIpc) is 2.66. The van der Waals surface area contributed by atoms with E-state index in [1.165, 1.54) is 6.42 Å². The van der Waals surface area contributed by atoms with Crippen LogP contribution in [-0.4, -0.2) is 38.2 Å². The Hall–Kier alpha value is -1.35. The van der Waals surface area contributed by atoms with Crippen molar-refractivity contribution in [3.8, 4) is 0 Å². The van der Waals surface area contributed by atoms with Crippen LogP contribution in [0.2, 0.25) is 0 Å². The third-order valence-electron chi connectivity index (χ3n) is 6.18. The number of guanidine groups is 1. The van der Waals surface area contributed by atoms with Crippen LogP contribution in [0.1, 0.15) is 58.4 Å². The lowest BCUT2D eigenvalue weighted by Crippen LogP contribution is -2.47. The topological polar surface area (TPSA) is 74.8 Å². The third-order valence-corrected chi connectivity index (χ3v) is 6.18. The van der Waals surface area contributed by atoms with E-state index >= 15 is 0 Å². The predicted molar refractivity (Wildman–Crippen MR) is 138 cm³/mol. The third kappa shape index (κ3) is 7.63. The zero-order valence-electron chi connectivity index (χ0n) is 19.4. The van der Waals surface area contributed by atoms with Crippen molar-refractivity contribution in [1.29, 1.82) is 0 Å². The lowest BCUT2D eigenvalue weighted by molar-refractivity contribution is -0.122. The minimum Gasteiger partial charge on any atom is -0.377 e. The molecule has 0 aromatic heterocycles. The maximum Gasteiger partial charge on any atom is 0.227 e. The summed E-state index contributed by atoms with van der Waals surface area (Å²) in [6.07, 6.45) is 5.73. The lowest BCUT2D eigenvalue weighted by Gasteiger charge is -2.40. The Kier molecular flexibility index (Phi) is 10.1. The number of ether oxygens (including phenoxy) is 1. The average molecular weight is 543 g/mol. The monoisotopic (exact) mass is 542 g/mol. The summed E-state index contributed by atoms with van der Waals surface area (Å²) in [5.41, 5.74) is 2.10. The number of carbonyl (C=O) groups excluding carboxylic acids is 1. The van der Waals surface area contributed by atoms with E-state index in [1.807, 2.05) is 18.2 Å². The summed E-state index contributed by atoms with van der Waals surface area (Å²) >= 11 is 0. The standard InChI is InChI=1S/C24H38N4O2.HI/c1-24(2,3)21-19(11-7-13-30-21)16-27-23(25-4)26-15-17-8-5-12-20(14-17)28-22(29)18-9-6-10-18;/h5,8,12,14,18-19,21H,6-7,9-11,13,15-16H2,1-4H3,(H,28,29)(H2,25,26,27);1H. The number of rotatable bonds is 6. The normalized spacial score (nSPS) is 22.1. The first-order valence-electron chi connectivity index (χ1n) is 11.3. The molecule has 0 bridgehead atoms. The van der Waals surface area contributed by atoms with E-state index in [1.54, 1.807) is 7.05 Å². The molecule has 1 amide bonds. The van der Waals surface area contributed by atoms with Crippen LogP contribution in [0.25, 0.3) is 0 Å². The number of nitrogens with zero attached hydrogens (tertiary/aromatic N) is 1. The van der Waals surface area contributed by atoms with Crippen LogP contribution < -0.4 is 16.0 Å². The van der Waals surface area contributed by atoms with Crippen molar-refractivity contribution in [3.63, 3.8) is 0 Å². The molecule has 2 unspecified atom stereocenters. The highest BCUT2D eigenvalue weighted by Crippen LogP contribution is 2.33. The molecular formula is C24H39IN4O2. The lowest BCUT2D eigenvalue weighted by atomic mass is 9.78. The van der Waals surface area contributed by atoms with Gasteiger partial charge in [0.25, 0.3) is 0 Å². The Morgan fingerprint density at radius 3 is 2.58 bits per heavy atom.